The van der Waals surface area contributed by atoms with Crippen LogP contribution in [0.15, 0.2) is 30.4 Å². The van der Waals surface area contributed by atoms with Crippen molar-refractivity contribution in [1.29, 1.82) is 0 Å². The zero-order chi connectivity index (χ0) is 20.7. The molecule has 0 N–H and O–H groups in total. The van der Waals surface area contributed by atoms with Gasteiger partial charge in [-0.2, -0.15) is 0 Å². The molecule has 0 bridgehead atoms. The third-order valence-electron chi connectivity index (χ3n) is 6.46. The first-order valence-corrected chi connectivity index (χ1v) is 10.6. The molecule has 2 aliphatic rings. The summed E-state index contributed by atoms with van der Waals surface area (Å²) < 4.78 is 58.0. The second-order valence-corrected chi connectivity index (χ2v) is 8.56. The lowest BCUT2D eigenvalue weighted by Crippen LogP contribution is -2.28. The fraction of sp³-hybridized carbons (Fsp3) is 0.417. The van der Waals surface area contributed by atoms with Gasteiger partial charge < -0.3 is 0 Å². The van der Waals surface area contributed by atoms with Crippen molar-refractivity contribution in [2.24, 2.45) is 11.8 Å². The quantitative estimate of drug-likeness (QED) is 0.267. The highest BCUT2D eigenvalue weighted by atomic mass is 35.5. The first-order chi connectivity index (χ1) is 13.9. The molecule has 154 valence electrons. The normalized spacial score (nSPS) is 23.9. The van der Waals surface area contributed by atoms with Crippen molar-refractivity contribution in [2.45, 2.75) is 51.4 Å². The summed E-state index contributed by atoms with van der Waals surface area (Å²) in [4.78, 5) is 0. The zero-order valence-corrected chi connectivity index (χ0v) is 17.0. The molecule has 0 heterocycles. The van der Waals surface area contributed by atoms with Gasteiger partial charge in [-0.25, -0.2) is 17.6 Å². The molecule has 0 aromatic heterocycles. The van der Waals surface area contributed by atoms with Crippen molar-refractivity contribution < 1.29 is 17.6 Å². The van der Waals surface area contributed by atoms with Crippen LogP contribution in [0.25, 0.3) is 11.1 Å². The highest BCUT2D eigenvalue weighted by Crippen LogP contribution is 2.49. The fourth-order valence-corrected chi connectivity index (χ4v) is 5.20. The Hall–Kier alpha value is -1.81. The summed E-state index contributed by atoms with van der Waals surface area (Å²) in [5.41, 5.74) is 0.669. The van der Waals surface area contributed by atoms with Crippen LogP contribution in [0.1, 0.15) is 56.1 Å². The Bertz CT molecular complexity index is 943. The van der Waals surface area contributed by atoms with Crippen LogP contribution in [-0.2, 0) is 6.42 Å². The smallest absolute Gasteiger partial charge is 0.145 e. The van der Waals surface area contributed by atoms with E-state index in [0.29, 0.717) is 23.8 Å². The Morgan fingerprint density at radius 1 is 1.00 bits per heavy atom. The average molecular weight is 423 g/mol. The number of rotatable bonds is 3. The molecule has 0 spiro atoms. The second kappa shape index (κ2) is 8.14. The molecule has 4 rings (SSSR count). The first-order valence-electron chi connectivity index (χ1n) is 10.2. The average Bonchev–Trinajstić information content (AvgIpc) is 2.70. The first kappa shape index (κ1) is 20.5. The van der Waals surface area contributed by atoms with Gasteiger partial charge in [-0.15, -0.1) is 0 Å². The van der Waals surface area contributed by atoms with Crippen molar-refractivity contribution in [2.75, 3.05) is 0 Å². The van der Waals surface area contributed by atoms with Gasteiger partial charge in [-0.1, -0.05) is 30.7 Å². The van der Waals surface area contributed by atoms with Crippen molar-refractivity contribution in [3.63, 3.8) is 0 Å². The van der Waals surface area contributed by atoms with E-state index in [1.165, 1.54) is 6.07 Å². The topological polar surface area (TPSA) is 0 Å². The Balaban J connectivity index is 1.71. The zero-order valence-electron chi connectivity index (χ0n) is 16.3. The van der Waals surface area contributed by atoms with Gasteiger partial charge in [0, 0.05) is 0 Å². The van der Waals surface area contributed by atoms with Gasteiger partial charge in [0.15, 0.2) is 0 Å². The van der Waals surface area contributed by atoms with Crippen molar-refractivity contribution in [3.05, 3.63) is 69.8 Å². The largest absolute Gasteiger partial charge is 0.206 e. The van der Waals surface area contributed by atoms with E-state index < -0.39 is 28.3 Å². The van der Waals surface area contributed by atoms with E-state index in [1.54, 1.807) is 0 Å². The van der Waals surface area contributed by atoms with Crippen LogP contribution >= 0.6 is 11.6 Å². The summed E-state index contributed by atoms with van der Waals surface area (Å²) in [6.45, 7) is 2.11. The number of hydrogen-bond acceptors (Lipinski definition) is 0. The number of allylic oxidation sites excluding steroid dienone is 2. The standard InChI is InChI=1S/C24H23ClF4/c1-2-3-4-13-5-7-16-14(9-13)6-8-17-18(16)12-19(26)22(24(17)29)15-10-20(27)23(25)21(28)11-15/h3-4,10-14,16H,2,5-9H2,1H3/b4-3+. The molecule has 0 nitrogen and oxygen atoms in total. The molecule has 3 atom stereocenters. The molecule has 2 aliphatic carbocycles. The van der Waals surface area contributed by atoms with Crippen LogP contribution < -0.4 is 0 Å². The molecular weight excluding hydrogens is 400 g/mol. The summed E-state index contributed by atoms with van der Waals surface area (Å²) in [6.07, 6.45) is 9.79. The predicted octanol–water partition coefficient (Wildman–Crippen LogP) is 7.98. The lowest BCUT2D eigenvalue weighted by atomic mass is 9.65. The molecule has 0 amide bonds. The fourth-order valence-electron chi connectivity index (χ4n) is 5.09. The summed E-state index contributed by atoms with van der Waals surface area (Å²) in [5.74, 6) is -2.46. The third-order valence-corrected chi connectivity index (χ3v) is 6.82. The molecule has 3 unspecified atom stereocenters. The number of hydrogen-bond donors (Lipinski definition) is 0. The molecule has 2 aromatic carbocycles. The number of benzene rings is 2. The lowest BCUT2D eigenvalue weighted by molar-refractivity contribution is 0.234. The lowest BCUT2D eigenvalue weighted by Gasteiger charge is -2.40. The number of halogens is 5. The molecular formula is C24H23ClF4. The van der Waals surface area contributed by atoms with Crippen LogP contribution in [0.2, 0.25) is 5.02 Å². The highest BCUT2D eigenvalue weighted by molar-refractivity contribution is 6.31. The van der Waals surface area contributed by atoms with Gasteiger partial charge in [-0.3, -0.25) is 0 Å². The Labute approximate surface area is 173 Å². The minimum atomic E-state index is -1.03. The van der Waals surface area contributed by atoms with Gasteiger partial charge in [0.2, 0.25) is 0 Å². The third kappa shape index (κ3) is 3.72. The molecule has 5 heteroatoms. The van der Waals surface area contributed by atoms with Gasteiger partial charge in [0.05, 0.1) is 5.56 Å². The summed E-state index contributed by atoms with van der Waals surface area (Å²) in [6, 6.07) is 3.16. The maximum atomic E-state index is 15.3. The van der Waals surface area contributed by atoms with Gasteiger partial charge in [-0.05, 0) is 91.2 Å². The van der Waals surface area contributed by atoms with Gasteiger partial charge in [0.1, 0.15) is 28.3 Å². The van der Waals surface area contributed by atoms with Gasteiger partial charge in [0.25, 0.3) is 0 Å². The van der Waals surface area contributed by atoms with Crippen LogP contribution in [-0.4, -0.2) is 0 Å². The maximum Gasteiger partial charge on any atom is 0.145 e. The molecule has 0 radical (unpaired) electrons. The van der Waals surface area contributed by atoms with Gasteiger partial charge >= 0.3 is 0 Å². The van der Waals surface area contributed by atoms with E-state index in [4.69, 9.17) is 11.6 Å². The molecule has 1 fully saturated rings. The predicted molar refractivity (Wildman–Crippen MR) is 108 cm³/mol. The van der Waals surface area contributed by atoms with Crippen molar-refractivity contribution in [3.8, 4) is 11.1 Å². The Morgan fingerprint density at radius 2 is 1.72 bits per heavy atom. The van der Waals surface area contributed by atoms with E-state index in [9.17, 15) is 13.2 Å². The molecule has 0 saturated heterocycles. The van der Waals surface area contributed by atoms with Crippen LogP contribution in [0.4, 0.5) is 17.6 Å². The van der Waals surface area contributed by atoms with E-state index in [-0.39, 0.29) is 17.0 Å². The van der Waals surface area contributed by atoms with Crippen molar-refractivity contribution >= 4 is 11.6 Å². The molecule has 2 aromatic rings. The highest BCUT2D eigenvalue weighted by Gasteiger charge is 2.37. The molecule has 1 saturated carbocycles. The SMILES string of the molecule is CC/C=C/C1CCC2c3cc(F)c(-c4cc(F)c(Cl)c(F)c4)c(F)c3CCC2C1. The summed E-state index contributed by atoms with van der Waals surface area (Å²) in [5, 5.41) is -0.677. The maximum absolute atomic E-state index is 15.3. The van der Waals surface area contributed by atoms with Crippen molar-refractivity contribution in [1.82, 2.24) is 0 Å². The molecule has 0 aliphatic heterocycles. The Kier molecular flexibility index (Phi) is 5.74. The minimum Gasteiger partial charge on any atom is -0.206 e. The van der Waals surface area contributed by atoms with Crippen LogP contribution in [0.3, 0.4) is 0 Å². The Morgan fingerprint density at radius 3 is 2.41 bits per heavy atom. The molecule has 29 heavy (non-hydrogen) atoms. The van der Waals surface area contributed by atoms with E-state index in [0.717, 1.165) is 49.8 Å². The van der Waals surface area contributed by atoms with Crippen LogP contribution in [0.5, 0.6) is 0 Å². The number of fused-ring (bicyclic) bond motifs is 3. The van der Waals surface area contributed by atoms with E-state index in [1.807, 2.05) is 0 Å². The minimum absolute atomic E-state index is 0.141. The van der Waals surface area contributed by atoms with E-state index >= 15 is 4.39 Å². The second-order valence-electron chi connectivity index (χ2n) is 8.18. The van der Waals surface area contributed by atoms with Crippen LogP contribution in [0, 0.1) is 35.1 Å². The monoisotopic (exact) mass is 422 g/mol. The summed E-state index contributed by atoms with van der Waals surface area (Å²) in [7, 11) is 0. The van der Waals surface area contributed by atoms with E-state index in [2.05, 4.69) is 19.1 Å². The summed E-state index contributed by atoms with van der Waals surface area (Å²) >= 11 is 5.51.